The van der Waals surface area contributed by atoms with Crippen LogP contribution in [0.25, 0.3) is 0 Å². The Balaban J connectivity index is 0.00000289. The van der Waals surface area contributed by atoms with Crippen LogP contribution in [-0.4, -0.2) is 72.4 Å². The van der Waals surface area contributed by atoms with Gasteiger partial charge in [0.1, 0.15) is 5.71 Å². The second-order valence-corrected chi connectivity index (χ2v) is 8.82. The van der Waals surface area contributed by atoms with Crippen molar-refractivity contribution >= 4 is 36.1 Å². The number of benzene rings is 1. The van der Waals surface area contributed by atoms with Crippen LogP contribution in [0.3, 0.4) is 0 Å². The number of rotatable bonds is 4. The highest BCUT2D eigenvalue weighted by molar-refractivity contribution is 6.50. The van der Waals surface area contributed by atoms with E-state index in [1.54, 1.807) is 29.6 Å². The molecule has 1 aromatic carbocycles. The lowest BCUT2D eigenvalue weighted by molar-refractivity contribution is 0.106. The second-order valence-electron chi connectivity index (χ2n) is 8.82. The van der Waals surface area contributed by atoms with E-state index >= 15 is 0 Å². The van der Waals surface area contributed by atoms with Gasteiger partial charge in [0.15, 0.2) is 5.54 Å². The largest absolute Gasteiger partial charge is 0.363 e. The van der Waals surface area contributed by atoms with Gasteiger partial charge in [-0.1, -0.05) is 24.3 Å². The lowest BCUT2D eigenvalue weighted by Gasteiger charge is -2.30. The number of ketones is 1. The van der Waals surface area contributed by atoms with Gasteiger partial charge in [-0.2, -0.15) is 5.10 Å². The summed E-state index contributed by atoms with van der Waals surface area (Å²) >= 11 is 0. The minimum absolute atomic E-state index is 0. The van der Waals surface area contributed by atoms with Gasteiger partial charge >= 0.3 is 6.03 Å². The summed E-state index contributed by atoms with van der Waals surface area (Å²) in [5.41, 5.74) is 3.90. The first-order valence-electron chi connectivity index (χ1n) is 11.6. The Morgan fingerprint density at radius 1 is 1.20 bits per heavy atom. The Kier molecular flexibility index (Phi) is 7.09. The molecular formula is C25H30ClN7O2. The molecule has 4 aliphatic rings. The molecule has 184 valence electrons. The van der Waals surface area contributed by atoms with E-state index < -0.39 is 5.54 Å². The maximum Gasteiger partial charge on any atom is 0.317 e. The van der Waals surface area contributed by atoms with Gasteiger partial charge in [-0.3, -0.25) is 14.8 Å². The molecule has 9 nitrogen and oxygen atoms in total. The minimum Gasteiger partial charge on any atom is -0.363 e. The van der Waals surface area contributed by atoms with Gasteiger partial charge in [-0.25, -0.2) is 4.79 Å². The molecule has 0 radical (unpaired) electrons. The van der Waals surface area contributed by atoms with Crippen LogP contribution in [0.1, 0.15) is 27.9 Å². The third-order valence-electron chi connectivity index (χ3n) is 6.65. The fraction of sp³-hybridized carbons (Fsp3) is 0.360. The number of nitrogens with zero attached hydrogens (tertiary/aromatic N) is 4. The number of nitrogens with one attached hydrogen (secondary N) is 3. The summed E-state index contributed by atoms with van der Waals surface area (Å²) in [6.45, 7) is 5.42. The zero-order valence-electron chi connectivity index (χ0n) is 19.9. The van der Waals surface area contributed by atoms with Gasteiger partial charge in [-0.15, -0.1) is 12.4 Å². The van der Waals surface area contributed by atoms with Crippen molar-refractivity contribution in [1.82, 2.24) is 25.9 Å². The number of carbonyl (C=O) groups excluding carboxylic acids is 2. The van der Waals surface area contributed by atoms with Crippen LogP contribution >= 0.6 is 12.4 Å². The molecule has 5 rings (SSSR count). The first-order chi connectivity index (χ1) is 16.5. The molecule has 1 saturated heterocycles. The van der Waals surface area contributed by atoms with Gasteiger partial charge < -0.3 is 20.9 Å². The number of hydrogen-bond acceptors (Lipinski definition) is 7. The fourth-order valence-electron chi connectivity index (χ4n) is 4.70. The average molecular weight is 496 g/mol. The molecular weight excluding hydrogens is 466 g/mol. The van der Waals surface area contributed by atoms with Crippen molar-refractivity contribution in [2.24, 2.45) is 10.1 Å². The summed E-state index contributed by atoms with van der Waals surface area (Å²) < 4.78 is 0. The van der Waals surface area contributed by atoms with E-state index in [2.05, 4.69) is 33.2 Å². The Morgan fingerprint density at radius 3 is 2.77 bits per heavy atom. The van der Waals surface area contributed by atoms with E-state index in [0.29, 0.717) is 30.9 Å². The normalized spacial score (nSPS) is 22.5. The van der Waals surface area contributed by atoms with Crippen LogP contribution in [0.4, 0.5) is 4.79 Å². The number of carbonyl (C=O) groups is 2. The first kappa shape index (κ1) is 24.7. The maximum absolute atomic E-state index is 13.4. The first-order valence-corrected chi connectivity index (χ1v) is 11.6. The van der Waals surface area contributed by atoms with Crippen LogP contribution in [0.15, 0.2) is 64.1 Å². The zero-order chi connectivity index (χ0) is 23.7. The standard InChI is InChI=1S/C25H29N7O2.ClH/c1-17-14-18(6-7-19(17)15-28-24(34)32-12-10-26-11-13-32)23(33)20-8-9-27-21-4-3-5-22-25(21,30-20)16-29-31(22)2;/h4-9,14,16,26-27H,3,10-13,15H2,1-2H3,(H,28,34);1H. The molecule has 35 heavy (non-hydrogen) atoms. The van der Waals surface area contributed by atoms with E-state index in [9.17, 15) is 9.59 Å². The van der Waals surface area contributed by atoms with Crippen LogP contribution < -0.4 is 16.0 Å². The fourth-order valence-corrected chi connectivity index (χ4v) is 4.70. The zero-order valence-corrected chi connectivity index (χ0v) is 20.7. The third kappa shape index (κ3) is 4.61. The number of amides is 2. The summed E-state index contributed by atoms with van der Waals surface area (Å²) in [6.07, 6.45) is 10.2. The van der Waals surface area contributed by atoms with Crippen molar-refractivity contribution in [3.8, 4) is 0 Å². The van der Waals surface area contributed by atoms with Gasteiger partial charge in [0, 0.05) is 51.5 Å². The lowest BCUT2D eigenvalue weighted by Crippen LogP contribution is -2.50. The molecule has 3 N–H and O–H groups in total. The van der Waals surface area contributed by atoms with Crippen LogP contribution in [-0.2, 0) is 6.54 Å². The van der Waals surface area contributed by atoms with Crippen molar-refractivity contribution in [2.75, 3.05) is 33.2 Å². The number of halogens is 1. The number of hydrogen-bond donors (Lipinski definition) is 3. The molecule has 3 aliphatic heterocycles. The number of aliphatic imine (C=N–C) groups is 1. The molecule has 10 heteroatoms. The van der Waals surface area contributed by atoms with Crippen molar-refractivity contribution in [1.29, 1.82) is 0 Å². The molecule has 0 bridgehead atoms. The SMILES string of the molecule is Cc1cc(C(=O)C2=NC34C=NN(C)C3=CCC=C4NC=C2)ccc1CNC(=O)N1CCNCC1.Cl. The highest BCUT2D eigenvalue weighted by atomic mass is 35.5. The van der Waals surface area contributed by atoms with E-state index in [1.165, 1.54) is 0 Å². The molecule has 0 saturated carbocycles. The Labute approximate surface area is 211 Å². The van der Waals surface area contributed by atoms with Crippen molar-refractivity contribution in [3.05, 3.63) is 70.7 Å². The molecule has 1 aromatic rings. The van der Waals surface area contributed by atoms with Gasteiger partial charge in [0.05, 0.1) is 17.6 Å². The summed E-state index contributed by atoms with van der Waals surface area (Å²) in [4.78, 5) is 32.6. The van der Waals surface area contributed by atoms with Crippen molar-refractivity contribution in [2.45, 2.75) is 25.4 Å². The molecule has 2 amide bonds. The number of urea groups is 1. The summed E-state index contributed by atoms with van der Waals surface area (Å²) in [5, 5.41) is 15.7. The number of allylic oxidation sites excluding steroid dienone is 3. The van der Waals surface area contributed by atoms with Gasteiger partial charge in [-0.05, 0) is 36.6 Å². The topological polar surface area (TPSA) is 101 Å². The molecule has 1 spiro atoms. The summed E-state index contributed by atoms with van der Waals surface area (Å²) in [7, 11) is 1.89. The Morgan fingerprint density at radius 2 is 2.00 bits per heavy atom. The van der Waals surface area contributed by atoms with E-state index in [1.807, 2.05) is 31.0 Å². The monoisotopic (exact) mass is 495 g/mol. The predicted molar refractivity (Wildman–Crippen MR) is 139 cm³/mol. The summed E-state index contributed by atoms with van der Waals surface area (Å²) in [6, 6.07) is 5.51. The number of piperazine rings is 1. The number of hydrazone groups is 1. The van der Waals surface area contributed by atoms with Gasteiger partial charge in [0.2, 0.25) is 5.78 Å². The minimum atomic E-state index is -0.801. The number of likely N-dealkylation sites (N-methyl/N-ethyl adjacent to an activating group) is 1. The third-order valence-corrected chi connectivity index (χ3v) is 6.65. The highest BCUT2D eigenvalue weighted by Crippen LogP contribution is 2.38. The van der Waals surface area contributed by atoms with Gasteiger partial charge in [0.25, 0.3) is 0 Å². The van der Waals surface area contributed by atoms with Crippen molar-refractivity contribution in [3.63, 3.8) is 0 Å². The summed E-state index contributed by atoms with van der Waals surface area (Å²) in [5.74, 6) is -0.152. The average Bonchev–Trinajstić information content (AvgIpc) is 3.06. The van der Waals surface area contributed by atoms with Crippen LogP contribution in [0.2, 0.25) is 0 Å². The lowest BCUT2D eigenvalue weighted by atomic mass is 9.88. The molecule has 1 atom stereocenters. The predicted octanol–water partition coefficient (Wildman–Crippen LogP) is 2.11. The van der Waals surface area contributed by atoms with Crippen LogP contribution in [0.5, 0.6) is 0 Å². The molecule has 1 aliphatic carbocycles. The quantitative estimate of drug-likeness (QED) is 0.555. The second kappa shape index (κ2) is 10.1. The smallest absolute Gasteiger partial charge is 0.317 e. The number of Topliss-reactive ketones (excluding diaryl/α,β-unsaturated/α-hetero) is 1. The molecule has 0 aromatic heterocycles. The molecule has 1 unspecified atom stereocenters. The van der Waals surface area contributed by atoms with E-state index in [0.717, 1.165) is 42.0 Å². The number of aryl methyl sites for hydroxylation is 1. The van der Waals surface area contributed by atoms with E-state index in [-0.39, 0.29) is 24.2 Å². The van der Waals surface area contributed by atoms with E-state index in [4.69, 9.17) is 4.99 Å². The Hall–Kier alpha value is -3.43. The maximum atomic E-state index is 13.4. The molecule has 1 fully saturated rings. The van der Waals surface area contributed by atoms with Crippen molar-refractivity contribution < 1.29 is 9.59 Å². The molecule has 3 heterocycles. The van der Waals surface area contributed by atoms with Crippen LogP contribution in [0, 0.1) is 6.92 Å². The highest BCUT2D eigenvalue weighted by Gasteiger charge is 2.45. The Bertz CT molecular complexity index is 1180.